The lowest BCUT2D eigenvalue weighted by atomic mass is 10.1. The van der Waals surface area contributed by atoms with Crippen molar-refractivity contribution in [3.63, 3.8) is 0 Å². The van der Waals surface area contributed by atoms with Gasteiger partial charge in [0.2, 0.25) is 0 Å². The lowest BCUT2D eigenvalue weighted by Crippen LogP contribution is -2.46. The molecule has 0 spiro atoms. The number of likely N-dealkylation sites (N-methyl/N-ethyl adjacent to an activating group) is 1. The summed E-state index contributed by atoms with van der Waals surface area (Å²) >= 11 is 0. The predicted octanol–water partition coefficient (Wildman–Crippen LogP) is 1.35. The number of carbonyl (C=O) groups excluding carboxylic acids is 1. The molecule has 110 valence electrons. The summed E-state index contributed by atoms with van der Waals surface area (Å²) in [5.41, 5.74) is -1.38. The van der Waals surface area contributed by atoms with Crippen molar-refractivity contribution in [2.75, 3.05) is 14.1 Å². The molecule has 0 radical (unpaired) electrons. The number of nitrogens with zero attached hydrogens (tertiary/aromatic N) is 1. The van der Waals surface area contributed by atoms with Crippen LogP contribution >= 0.6 is 0 Å². The van der Waals surface area contributed by atoms with Crippen molar-refractivity contribution in [1.82, 2.24) is 4.90 Å². The van der Waals surface area contributed by atoms with E-state index >= 15 is 0 Å². The van der Waals surface area contributed by atoms with Crippen LogP contribution in [0.5, 0.6) is 0 Å². The van der Waals surface area contributed by atoms with E-state index in [1.54, 1.807) is 21.0 Å². The van der Waals surface area contributed by atoms with E-state index in [1.165, 1.54) is 4.90 Å². The molecule has 0 fully saturated rings. The summed E-state index contributed by atoms with van der Waals surface area (Å²) in [5.74, 6) is -1.40. The van der Waals surface area contributed by atoms with Crippen molar-refractivity contribution in [1.29, 1.82) is 0 Å². The van der Waals surface area contributed by atoms with Crippen LogP contribution in [0.1, 0.15) is 39.0 Å². The van der Waals surface area contributed by atoms with Crippen LogP contribution in [-0.2, 0) is 14.3 Å². The van der Waals surface area contributed by atoms with Gasteiger partial charge >= 0.3 is 11.9 Å². The Labute approximate surface area is 113 Å². The van der Waals surface area contributed by atoms with Crippen molar-refractivity contribution in [2.45, 2.75) is 44.8 Å². The first kappa shape index (κ1) is 17.6. The zero-order chi connectivity index (χ0) is 15.1. The van der Waals surface area contributed by atoms with Gasteiger partial charge in [-0.25, -0.2) is 0 Å². The highest BCUT2D eigenvalue weighted by atomic mass is 16.6. The predicted molar refractivity (Wildman–Crippen MR) is 70.3 cm³/mol. The number of ether oxygens (including phenoxy) is 1. The Morgan fingerprint density at radius 2 is 1.79 bits per heavy atom. The summed E-state index contributed by atoms with van der Waals surface area (Å²) in [5, 5.41) is 18.7. The van der Waals surface area contributed by atoms with Crippen molar-refractivity contribution in [3.8, 4) is 0 Å². The van der Waals surface area contributed by atoms with E-state index in [9.17, 15) is 14.7 Å². The molecule has 0 saturated heterocycles. The molecule has 1 unspecified atom stereocenters. The molecule has 0 aliphatic heterocycles. The number of carbonyl (C=O) groups is 2. The number of esters is 1. The molecule has 6 heteroatoms. The van der Waals surface area contributed by atoms with E-state index in [1.807, 2.05) is 0 Å². The number of aliphatic hydroxyl groups is 1. The molecule has 0 amide bonds. The van der Waals surface area contributed by atoms with E-state index < -0.39 is 17.7 Å². The van der Waals surface area contributed by atoms with Gasteiger partial charge in [-0.3, -0.25) is 14.5 Å². The summed E-state index contributed by atoms with van der Waals surface area (Å²) in [7, 11) is 3.32. The average molecular weight is 273 g/mol. The van der Waals surface area contributed by atoms with Crippen molar-refractivity contribution in [2.24, 2.45) is 0 Å². The maximum absolute atomic E-state index is 11.5. The summed E-state index contributed by atoms with van der Waals surface area (Å²) in [6.07, 6.45) is 1.34. The fraction of sp³-hybridized carbons (Fsp3) is 0.692. The van der Waals surface area contributed by atoms with Gasteiger partial charge in [0.25, 0.3) is 0 Å². The first-order chi connectivity index (χ1) is 8.74. The van der Waals surface area contributed by atoms with Crippen LogP contribution < -0.4 is 0 Å². The van der Waals surface area contributed by atoms with Gasteiger partial charge in [-0.2, -0.15) is 0 Å². The number of unbranched alkanes of at least 4 members (excludes halogenated alkanes) is 1. The van der Waals surface area contributed by atoms with Gasteiger partial charge in [-0.1, -0.05) is 13.5 Å². The zero-order valence-electron chi connectivity index (χ0n) is 11.8. The third-order valence-electron chi connectivity index (χ3n) is 2.94. The Morgan fingerprint density at radius 3 is 2.21 bits per heavy atom. The van der Waals surface area contributed by atoms with Crippen LogP contribution in [0.3, 0.4) is 0 Å². The lowest BCUT2D eigenvalue weighted by molar-refractivity contribution is -0.150. The summed E-state index contributed by atoms with van der Waals surface area (Å²) in [4.78, 5) is 23.3. The Kier molecular flexibility index (Phi) is 7.33. The number of aliphatic carboxylic acids is 1. The van der Waals surface area contributed by atoms with E-state index in [-0.39, 0.29) is 18.6 Å². The highest BCUT2D eigenvalue weighted by Gasteiger charge is 2.33. The molecule has 6 nitrogen and oxygen atoms in total. The van der Waals surface area contributed by atoms with Gasteiger partial charge in [0, 0.05) is 12.8 Å². The minimum Gasteiger partial charge on any atom is -0.481 e. The van der Waals surface area contributed by atoms with Crippen LogP contribution in [0.4, 0.5) is 0 Å². The van der Waals surface area contributed by atoms with E-state index in [4.69, 9.17) is 9.84 Å². The summed E-state index contributed by atoms with van der Waals surface area (Å²) < 4.78 is 5.00. The summed E-state index contributed by atoms with van der Waals surface area (Å²) in [6.45, 7) is 5.34. The fourth-order valence-electron chi connectivity index (χ4n) is 1.58. The van der Waals surface area contributed by atoms with Crippen molar-refractivity contribution in [3.05, 3.63) is 12.3 Å². The van der Waals surface area contributed by atoms with Crippen molar-refractivity contribution < 1.29 is 24.5 Å². The average Bonchev–Trinajstić information content (AvgIpc) is 2.32. The molecular weight excluding hydrogens is 250 g/mol. The topological polar surface area (TPSA) is 87.1 Å². The minimum atomic E-state index is -1.38. The molecule has 0 aliphatic carbocycles. The van der Waals surface area contributed by atoms with Crippen LogP contribution in [0.2, 0.25) is 0 Å². The van der Waals surface area contributed by atoms with Crippen LogP contribution in [0, 0.1) is 0 Å². The Balaban J connectivity index is 4.18. The fourth-order valence-corrected chi connectivity index (χ4v) is 1.58. The molecule has 0 aliphatic rings. The Hall–Kier alpha value is -1.40. The molecule has 0 rings (SSSR count). The number of hydrogen-bond donors (Lipinski definition) is 2. The molecule has 2 N–H and O–H groups in total. The maximum atomic E-state index is 11.5. The second-order valence-corrected chi connectivity index (χ2v) is 4.56. The smallest absolute Gasteiger partial charge is 0.310 e. The van der Waals surface area contributed by atoms with Crippen LogP contribution in [-0.4, -0.2) is 46.9 Å². The van der Waals surface area contributed by atoms with E-state index in [2.05, 4.69) is 6.58 Å². The number of rotatable bonds is 9. The molecule has 0 aromatic rings. The van der Waals surface area contributed by atoms with Gasteiger partial charge < -0.3 is 14.9 Å². The number of carboxylic acids is 1. The van der Waals surface area contributed by atoms with Gasteiger partial charge in [0.1, 0.15) is 5.76 Å². The van der Waals surface area contributed by atoms with Crippen LogP contribution in [0.15, 0.2) is 12.3 Å². The molecule has 1 atom stereocenters. The van der Waals surface area contributed by atoms with Gasteiger partial charge in [-0.15, -0.1) is 0 Å². The summed E-state index contributed by atoms with van der Waals surface area (Å²) in [6, 6.07) is 0. The molecule has 0 aromatic carbocycles. The van der Waals surface area contributed by atoms with Crippen molar-refractivity contribution >= 4 is 11.9 Å². The van der Waals surface area contributed by atoms with E-state index in [0.717, 1.165) is 0 Å². The SMILES string of the molecule is C=C(OC(=O)CCCCC(=O)O)C(O)(CC)N(C)C. The van der Waals surface area contributed by atoms with E-state index in [0.29, 0.717) is 19.3 Å². The largest absolute Gasteiger partial charge is 0.481 e. The Morgan fingerprint density at radius 1 is 1.26 bits per heavy atom. The minimum absolute atomic E-state index is 0.0109. The Bertz CT molecular complexity index is 340. The highest BCUT2D eigenvalue weighted by Crippen LogP contribution is 2.23. The quantitative estimate of drug-likeness (QED) is 0.285. The molecule has 0 aromatic heterocycles. The normalized spacial score (nSPS) is 13.9. The standard InChI is InChI=1S/C13H23NO5/c1-5-13(18,14(3)4)10(2)19-12(17)9-7-6-8-11(15)16/h18H,2,5-9H2,1,3-4H3,(H,15,16). The highest BCUT2D eigenvalue weighted by molar-refractivity contribution is 5.71. The lowest BCUT2D eigenvalue weighted by Gasteiger charge is -2.34. The third kappa shape index (κ3) is 5.85. The second kappa shape index (κ2) is 7.91. The van der Waals surface area contributed by atoms with Gasteiger partial charge in [-0.05, 0) is 33.4 Å². The molecule has 0 heterocycles. The zero-order valence-corrected chi connectivity index (χ0v) is 11.8. The molecule has 19 heavy (non-hydrogen) atoms. The molecule has 0 bridgehead atoms. The van der Waals surface area contributed by atoms with Gasteiger partial charge in [0.05, 0.1) is 0 Å². The maximum Gasteiger partial charge on any atom is 0.310 e. The van der Waals surface area contributed by atoms with Crippen LogP contribution in [0.25, 0.3) is 0 Å². The number of carboxylic acid groups (broad SMARTS) is 1. The van der Waals surface area contributed by atoms with Gasteiger partial charge in [0.15, 0.2) is 5.72 Å². The third-order valence-corrected chi connectivity index (χ3v) is 2.94. The monoisotopic (exact) mass is 273 g/mol. The molecule has 0 saturated carbocycles. The second-order valence-electron chi connectivity index (χ2n) is 4.56. The first-order valence-corrected chi connectivity index (χ1v) is 6.25. The first-order valence-electron chi connectivity index (χ1n) is 6.25. The molecular formula is C13H23NO5. The number of hydrogen-bond acceptors (Lipinski definition) is 5.